The van der Waals surface area contributed by atoms with Crippen molar-refractivity contribution in [1.29, 1.82) is 0 Å². The molecule has 0 heterocycles. The molecule has 0 aromatic heterocycles. The number of amides is 2. The van der Waals surface area contributed by atoms with Crippen molar-refractivity contribution >= 4 is 89.7 Å². The quantitative estimate of drug-likeness (QED) is 0.0816. The molecular weight excluding hydrogens is 695 g/mol. The fourth-order valence-corrected chi connectivity index (χ4v) is 6.62. The van der Waals surface area contributed by atoms with Crippen molar-refractivity contribution in [3.8, 4) is 0 Å². The zero-order valence-corrected chi connectivity index (χ0v) is 36.3. The Bertz CT molecular complexity index is 550. The second-order valence-corrected chi connectivity index (χ2v) is 16.1. The molecule has 0 fully saturated rings. The smallest absolute Gasteiger partial charge is 0.207 e. The summed E-state index contributed by atoms with van der Waals surface area (Å²) in [6, 6.07) is 1.44. The van der Waals surface area contributed by atoms with E-state index in [0.717, 1.165) is 74.3 Å². The number of aldehydes is 1. The highest BCUT2D eigenvalue weighted by atomic mass is 32.2. The second kappa shape index (κ2) is 55.0. The number of thioether (sulfide) groups is 6. The van der Waals surface area contributed by atoms with Gasteiger partial charge in [0, 0.05) is 53.6 Å². The van der Waals surface area contributed by atoms with Gasteiger partial charge < -0.3 is 32.6 Å². The van der Waals surface area contributed by atoms with Gasteiger partial charge in [0.2, 0.25) is 12.8 Å². The third kappa shape index (κ3) is 70.8. The first-order valence-corrected chi connectivity index (χ1v) is 24.2. The van der Waals surface area contributed by atoms with E-state index in [4.69, 9.17) is 17.2 Å². The molecule has 2 amide bonds. The number of nitrogens with one attached hydrogen (secondary N) is 2. The molecule has 0 rings (SSSR count). The Morgan fingerprint density at radius 3 is 1.33 bits per heavy atom. The summed E-state index contributed by atoms with van der Waals surface area (Å²) >= 11 is 10.8. The van der Waals surface area contributed by atoms with E-state index < -0.39 is 0 Å². The number of hydrogen-bond acceptors (Lipinski definition) is 12. The van der Waals surface area contributed by atoms with Gasteiger partial charge in [-0.2, -0.15) is 70.6 Å². The maximum Gasteiger partial charge on any atom is 0.207 e. The van der Waals surface area contributed by atoms with Crippen LogP contribution in [0.4, 0.5) is 0 Å². The lowest BCUT2D eigenvalue weighted by Gasteiger charge is -2.10. The summed E-state index contributed by atoms with van der Waals surface area (Å²) in [6.45, 7) is 13.3. The van der Waals surface area contributed by atoms with Crippen LogP contribution < -0.4 is 27.8 Å². The van der Waals surface area contributed by atoms with Gasteiger partial charge in [0.1, 0.15) is 6.29 Å². The molecule has 14 heteroatoms. The van der Waals surface area contributed by atoms with Gasteiger partial charge in [0.25, 0.3) is 0 Å². The van der Waals surface area contributed by atoms with E-state index in [2.05, 4.69) is 63.4 Å². The molecule has 0 radical (unpaired) electrons. The SMILES string of the molecule is CCC(CSC)NC=O.CCC(N)CSC.CSCC(C)CCC=O.CSCC(C)CN.CSCC(C)N.CSCC(C)NC=O. The third-order valence-electron chi connectivity index (χ3n) is 5.35. The highest BCUT2D eigenvalue weighted by molar-refractivity contribution is 7.99. The van der Waals surface area contributed by atoms with Gasteiger partial charge >= 0.3 is 0 Å². The zero-order valence-electron chi connectivity index (χ0n) is 31.4. The molecule has 8 N–H and O–H groups in total. The topological polar surface area (TPSA) is 153 Å². The average Bonchev–Trinajstić information content (AvgIpc) is 3.02. The van der Waals surface area contributed by atoms with Crippen molar-refractivity contribution in [1.82, 2.24) is 10.6 Å². The van der Waals surface area contributed by atoms with Crippen LogP contribution in [0.1, 0.15) is 67.2 Å². The minimum absolute atomic E-state index is 0.308. The predicted octanol–water partition coefficient (Wildman–Crippen LogP) is 6.05. The molecule has 0 bridgehead atoms. The molecule has 8 nitrogen and oxygen atoms in total. The van der Waals surface area contributed by atoms with Crippen LogP contribution >= 0.6 is 70.6 Å². The Morgan fingerprint density at radius 2 is 1.07 bits per heavy atom. The molecule has 0 spiro atoms. The Hall–Kier alpha value is 0.590. The maximum absolute atomic E-state index is 9.93. The average molecular weight is 770 g/mol. The highest BCUT2D eigenvalue weighted by Crippen LogP contribution is 2.09. The number of carbonyl (C=O) groups excluding carboxylic acids is 3. The molecular formula is C32H75N5O3S6. The van der Waals surface area contributed by atoms with E-state index in [-0.39, 0.29) is 0 Å². The van der Waals surface area contributed by atoms with Gasteiger partial charge in [-0.25, -0.2) is 0 Å². The first-order valence-electron chi connectivity index (χ1n) is 15.8. The maximum atomic E-state index is 9.93. The Kier molecular flexibility index (Phi) is 70.3. The van der Waals surface area contributed by atoms with Crippen molar-refractivity contribution in [3.05, 3.63) is 0 Å². The molecule has 46 heavy (non-hydrogen) atoms. The van der Waals surface area contributed by atoms with Crippen LogP contribution in [-0.4, -0.2) is 122 Å². The lowest BCUT2D eigenvalue weighted by molar-refractivity contribution is -0.110. The fourth-order valence-electron chi connectivity index (χ4n) is 2.66. The lowest BCUT2D eigenvalue weighted by Crippen LogP contribution is -2.28. The van der Waals surface area contributed by atoms with Crippen LogP contribution in [0.3, 0.4) is 0 Å². The van der Waals surface area contributed by atoms with E-state index in [1.54, 1.807) is 35.3 Å². The molecule has 6 unspecified atom stereocenters. The minimum Gasteiger partial charge on any atom is -0.355 e. The van der Waals surface area contributed by atoms with Crippen molar-refractivity contribution < 1.29 is 14.4 Å². The lowest BCUT2D eigenvalue weighted by atomic mass is 10.1. The van der Waals surface area contributed by atoms with Crippen LogP contribution in [-0.2, 0) is 14.4 Å². The van der Waals surface area contributed by atoms with E-state index in [1.165, 1.54) is 11.5 Å². The summed E-state index contributed by atoms with van der Waals surface area (Å²) in [7, 11) is 0. The normalized spacial score (nSPS) is 13.5. The van der Waals surface area contributed by atoms with Crippen molar-refractivity contribution in [3.63, 3.8) is 0 Å². The predicted molar refractivity (Wildman–Crippen MR) is 227 cm³/mol. The summed E-state index contributed by atoms with van der Waals surface area (Å²) in [5.74, 6) is 7.91. The van der Waals surface area contributed by atoms with Crippen LogP contribution in [0.2, 0.25) is 0 Å². The van der Waals surface area contributed by atoms with Gasteiger partial charge in [-0.3, -0.25) is 9.59 Å². The molecule has 0 aliphatic heterocycles. The first kappa shape index (κ1) is 58.8. The Labute approximate surface area is 311 Å². The molecule has 282 valence electrons. The van der Waals surface area contributed by atoms with Crippen LogP contribution in [0, 0.1) is 11.8 Å². The summed E-state index contributed by atoms with van der Waals surface area (Å²) in [4.78, 5) is 29.6. The number of nitrogens with two attached hydrogens (primary N) is 3. The minimum atomic E-state index is 0.308. The summed E-state index contributed by atoms with van der Waals surface area (Å²) in [5.41, 5.74) is 16.3. The third-order valence-corrected chi connectivity index (χ3v) is 10.3. The van der Waals surface area contributed by atoms with Gasteiger partial charge in [-0.05, 0) is 101 Å². The standard InChI is InChI=1S/C7H14OS.C6H13NOS.C5H11NOS.2C5H13NS.C4H11NS/c1-7(6-9-2)4-3-5-8;1-3-6(4-9-2)7-5-8;1-5(3-8-2)6-4-7;1-5(3-6)4-7-2;1-3-5(6)4-7-2;1-4(5)3-6-2/h5,7H,3-4,6H2,1-2H3;5-6H,3-4H2,1-2H3,(H,7,8);4-5H,3H2,1-2H3,(H,6,7);2*5H,3-4,6H2,1-2H3;4H,3,5H2,1-2H3. The van der Waals surface area contributed by atoms with Gasteiger partial charge in [0.15, 0.2) is 0 Å². The van der Waals surface area contributed by atoms with Crippen molar-refractivity contribution in [2.75, 3.05) is 78.6 Å². The van der Waals surface area contributed by atoms with E-state index in [1.807, 2.05) is 61.6 Å². The van der Waals surface area contributed by atoms with Crippen LogP contribution in [0.5, 0.6) is 0 Å². The van der Waals surface area contributed by atoms with E-state index >= 15 is 0 Å². The number of carbonyl (C=O) groups is 3. The molecule has 6 atom stereocenters. The summed E-state index contributed by atoms with van der Waals surface area (Å²) in [5, 5.41) is 5.38. The highest BCUT2D eigenvalue weighted by Gasteiger charge is 2.00. The monoisotopic (exact) mass is 769 g/mol. The van der Waals surface area contributed by atoms with E-state index in [9.17, 15) is 14.4 Å². The first-order chi connectivity index (χ1) is 21.8. The van der Waals surface area contributed by atoms with E-state index in [0.29, 0.717) is 36.0 Å². The number of rotatable bonds is 22. The molecule has 0 aliphatic carbocycles. The van der Waals surface area contributed by atoms with Crippen LogP contribution in [0.25, 0.3) is 0 Å². The van der Waals surface area contributed by atoms with Gasteiger partial charge in [-0.1, -0.05) is 27.7 Å². The molecule has 0 saturated carbocycles. The fraction of sp³-hybridized carbons (Fsp3) is 0.906. The number of hydrogen-bond donors (Lipinski definition) is 5. The van der Waals surface area contributed by atoms with Gasteiger partial charge in [-0.15, -0.1) is 0 Å². The van der Waals surface area contributed by atoms with Gasteiger partial charge in [0.05, 0.1) is 0 Å². The van der Waals surface area contributed by atoms with Crippen LogP contribution in [0.15, 0.2) is 0 Å². The summed E-state index contributed by atoms with van der Waals surface area (Å²) < 4.78 is 0. The van der Waals surface area contributed by atoms with Crippen molar-refractivity contribution in [2.45, 2.75) is 91.4 Å². The largest absolute Gasteiger partial charge is 0.355 e. The molecule has 0 aliphatic rings. The molecule has 0 saturated heterocycles. The molecule has 0 aromatic rings. The zero-order chi connectivity index (χ0) is 37.0. The Balaban J connectivity index is -0.000000105. The molecule has 0 aromatic carbocycles. The Morgan fingerprint density at radius 1 is 0.609 bits per heavy atom. The summed E-state index contributed by atoms with van der Waals surface area (Å²) in [6.07, 6.45) is 18.8. The second-order valence-electron chi connectivity index (χ2n) is 10.6. The van der Waals surface area contributed by atoms with Crippen molar-refractivity contribution in [2.24, 2.45) is 29.0 Å².